The quantitative estimate of drug-likeness (QED) is 0.249. The summed E-state index contributed by atoms with van der Waals surface area (Å²) in [5.41, 5.74) is -3.71. The van der Waals surface area contributed by atoms with Crippen LogP contribution in [0, 0.1) is 68.5 Å². The number of hydrogen-bond acceptors (Lipinski definition) is 9. The molecule has 53 heavy (non-hydrogen) atoms. The molecule has 6 unspecified atom stereocenters. The molecule has 13 fully saturated rings. The van der Waals surface area contributed by atoms with Crippen molar-refractivity contribution in [2.24, 2.45) is 68.5 Å². The van der Waals surface area contributed by atoms with Crippen LogP contribution in [0.25, 0.3) is 0 Å². The van der Waals surface area contributed by atoms with Crippen molar-refractivity contribution < 1.29 is 43.5 Å². The largest absolute Gasteiger partial charge is 0.465 e. The zero-order valence-electron chi connectivity index (χ0n) is 32.6. The summed E-state index contributed by atoms with van der Waals surface area (Å²) < 4.78 is 26.5. The number of hydrogen-bond donors (Lipinski definition) is 2. The number of aliphatic hydroxyl groups is 2. The molecule has 9 heteroatoms. The summed E-state index contributed by atoms with van der Waals surface area (Å²) in [4.78, 5) is 41.3. The van der Waals surface area contributed by atoms with Gasteiger partial charge < -0.3 is 29.2 Å². The van der Waals surface area contributed by atoms with E-state index in [0.29, 0.717) is 75.1 Å². The minimum Gasteiger partial charge on any atom is -0.465 e. The van der Waals surface area contributed by atoms with Crippen molar-refractivity contribution in [3.05, 3.63) is 0 Å². The van der Waals surface area contributed by atoms with E-state index in [4.69, 9.17) is 18.9 Å². The first-order valence-corrected chi connectivity index (χ1v) is 21.5. The van der Waals surface area contributed by atoms with Crippen LogP contribution in [0.3, 0.4) is 0 Å². The van der Waals surface area contributed by atoms with E-state index in [0.717, 1.165) is 96.3 Å². The van der Waals surface area contributed by atoms with Crippen LogP contribution >= 0.6 is 0 Å². The molecule has 12 saturated carbocycles. The molecule has 12 aliphatic carbocycles. The van der Waals surface area contributed by atoms with Gasteiger partial charge in [0.1, 0.15) is 12.4 Å². The minimum absolute atomic E-state index is 0.0320. The van der Waals surface area contributed by atoms with Gasteiger partial charge in [-0.3, -0.25) is 14.4 Å². The van der Waals surface area contributed by atoms with Crippen LogP contribution in [-0.4, -0.2) is 71.4 Å². The van der Waals surface area contributed by atoms with Crippen LogP contribution in [0.15, 0.2) is 0 Å². The third-order valence-corrected chi connectivity index (χ3v) is 17.3. The first-order chi connectivity index (χ1) is 24.9. The predicted octanol–water partition coefficient (Wildman–Crippen LogP) is 6.69. The zero-order chi connectivity index (χ0) is 36.9. The molecule has 0 aromatic carbocycles. The highest BCUT2D eigenvalue weighted by atomic mass is 16.7. The maximum Gasteiger partial charge on any atom is 0.312 e. The van der Waals surface area contributed by atoms with Gasteiger partial charge in [-0.1, -0.05) is 0 Å². The van der Waals surface area contributed by atoms with E-state index in [9.17, 15) is 24.6 Å². The molecule has 12 bridgehead atoms. The first kappa shape index (κ1) is 35.8. The molecular weight excluding hydrogens is 672 g/mol. The number of ether oxygens (including phenoxy) is 4. The molecule has 0 radical (unpaired) electrons. The third kappa shape index (κ3) is 5.76. The number of rotatable bonds is 9. The monoisotopic (exact) mass is 736 g/mol. The average molecular weight is 737 g/mol. The molecular formula is C44H64O9. The second-order valence-electron chi connectivity index (χ2n) is 22.9. The molecule has 294 valence electrons. The molecule has 6 atom stereocenters. The minimum atomic E-state index is -0.750. The van der Waals surface area contributed by atoms with Crippen molar-refractivity contribution in [1.29, 1.82) is 0 Å². The van der Waals surface area contributed by atoms with E-state index in [2.05, 4.69) is 0 Å². The summed E-state index contributed by atoms with van der Waals surface area (Å²) in [6.07, 6.45) is 15.9. The van der Waals surface area contributed by atoms with Gasteiger partial charge in [-0.05, 0) is 166 Å². The lowest BCUT2D eigenvalue weighted by Gasteiger charge is -2.65. The third-order valence-electron chi connectivity index (χ3n) is 17.3. The fourth-order valence-electron chi connectivity index (χ4n) is 16.1. The number of carbonyl (C=O) groups excluding carboxylic acids is 3. The molecule has 0 amide bonds. The molecule has 1 aliphatic heterocycles. The van der Waals surface area contributed by atoms with Gasteiger partial charge in [0, 0.05) is 29.1 Å². The number of Topliss-reactive ketones (excluding diaryl/α,β-unsaturated/α-hetero) is 1. The summed E-state index contributed by atoms with van der Waals surface area (Å²) in [5.74, 6) is 1.89. The SMILES string of the molecule is CC(C)(C)C(=O)OCC12CC3CC(C1)C1(OCC(CCC(=O)C45CC6CC(CC(O)(C6)C4)C5)(COC(=O)C45CC6CC(CC(O)(C6)C4)C5)CO1)C(C3)C2. The molecule has 9 nitrogen and oxygen atoms in total. The van der Waals surface area contributed by atoms with Crippen molar-refractivity contribution in [2.45, 2.75) is 160 Å². The second-order valence-corrected chi connectivity index (χ2v) is 22.9. The molecule has 13 rings (SSSR count). The van der Waals surface area contributed by atoms with Crippen molar-refractivity contribution in [1.82, 2.24) is 0 Å². The van der Waals surface area contributed by atoms with Crippen LogP contribution in [0.4, 0.5) is 0 Å². The van der Waals surface area contributed by atoms with Crippen LogP contribution in [0.2, 0.25) is 0 Å². The highest BCUT2D eigenvalue weighted by molar-refractivity contribution is 5.85. The van der Waals surface area contributed by atoms with Gasteiger partial charge in [-0.15, -0.1) is 0 Å². The molecule has 1 saturated heterocycles. The van der Waals surface area contributed by atoms with Crippen LogP contribution < -0.4 is 0 Å². The van der Waals surface area contributed by atoms with Crippen LogP contribution in [0.1, 0.15) is 143 Å². The number of ketones is 1. The summed E-state index contributed by atoms with van der Waals surface area (Å²) in [7, 11) is 0. The summed E-state index contributed by atoms with van der Waals surface area (Å²) in [6.45, 7) is 7.08. The van der Waals surface area contributed by atoms with Gasteiger partial charge >= 0.3 is 11.9 Å². The Kier molecular flexibility index (Phi) is 7.79. The Balaban J connectivity index is 0.865. The van der Waals surface area contributed by atoms with Gasteiger partial charge in [-0.2, -0.15) is 0 Å². The lowest BCUT2D eigenvalue weighted by atomic mass is 9.46. The van der Waals surface area contributed by atoms with Crippen molar-refractivity contribution in [3.63, 3.8) is 0 Å². The Hall–Kier alpha value is -1.55. The predicted molar refractivity (Wildman–Crippen MR) is 193 cm³/mol. The highest BCUT2D eigenvalue weighted by Gasteiger charge is 2.67. The maximum absolute atomic E-state index is 14.4. The molecule has 1 spiro atoms. The van der Waals surface area contributed by atoms with Gasteiger partial charge in [-0.25, -0.2) is 0 Å². The van der Waals surface area contributed by atoms with E-state index in [-0.39, 0.29) is 41.6 Å². The summed E-state index contributed by atoms with van der Waals surface area (Å²) >= 11 is 0. The smallest absolute Gasteiger partial charge is 0.312 e. The summed E-state index contributed by atoms with van der Waals surface area (Å²) in [6, 6.07) is 0. The second kappa shape index (κ2) is 11.5. The van der Waals surface area contributed by atoms with Crippen LogP contribution in [-0.2, 0) is 33.3 Å². The fraction of sp³-hybridized carbons (Fsp3) is 0.932. The first-order valence-electron chi connectivity index (χ1n) is 21.5. The highest BCUT2D eigenvalue weighted by Crippen LogP contribution is 2.67. The molecule has 2 N–H and O–H groups in total. The number of esters is 2. The maximum atomic E-state index is 14.4. The Bertz CT molecular complexity index is 1440. The average Bonchev–Trinajstić information content (AvgIpc) is 3.05. The molecule has 0 aromatic heterocycles. The molecule has 1 heterocycles. The van der Waals surface area contributed by atoms with E-state index in [1.807, 2.05) is 20.8 Å². The fourth-order valence-corrected chi connectivity index (χ4v) is 16.1. The van der Waals surface area contributed by atoms with Gasteiger partial charge in [0.15, 0.2) is 5.79 Å². The summed E-state index contributed by atoms with van der Waals surface area (Å²) in [5, 5.41) is 22.8. The van der Waals surface area contributed by atoms with E-state index < -0.39 is 38.6 Å². The van der Waals surface area contributed by atoms with Crippen molar-refractivity contribution >= 4 is 17.7 Å². The topological polar surface area (TPSA) is 129 Å². The molecule has 13 aliphatic rings. The van der Waals surface area contributed by atoms with E-state index >= 15 is 0 Å². The lowest BCUT2D eigenvalue weighted by molar-refractivity contribution is -0.392. The van der Waals surface area contributed by atoms with Gasteiger partial charge in [0.2, 0.25) is 0 Å². The normalized spacial score (nSPS) is 52.7. The Morgan fingerprint density at radius 2 is 1.17 bits per heavy atom. The van der Waals surface area contributed by atoms with Gasteiger partial charge in [0.05, 0.1) is 47.3 Å². The van der Waals surface area contributed by atoms with Crippen molar-refractivity contribution in [2.75, 3.05) is 26.4 Å². The Morgan fingerprint density at radius 1 is 0.642 bits per heavy atom. The standard InChI is InChI=1S/C44H64O9/c1-37(2,3)35(46)50-24-39-10-27-8-32(19-39)44(33(9-27)20-39)52-25-38(26-53-44,5-4-34(45)40-11-28-6-29(12-40)16-42(48,15-28)21-40)23-51-36(47)41-13-30-7-31(14-41)18-43(49,17-30)22-41/h27-33,48-49H,4-26H2,1-3H3. The lowest BCUT2D eigenvalue weighted by Crippen LogP contribution is -2.67. The Morgan fingerprint density at radius 3 is 1.70 bits per heavy atom. The van der Waals surface area contributed by atoms with Crippen LogP contribution in [0.5, 0.6) is 0 Å². The van der Waals surface area contributed by atoms with E-state index in [1.165, 1.54) is 0 Å². The van der Waals surface area contributed by atoms with Gasteiger partial charge in [0.25, 0.3) is 0 Å². The molecule has 0 aromatic rings. The Labute approximate surface area is 315 Å². The number of carbonyl (C=O) groups is 3. The zero-order valence-corrected chi connectivity index (χ0v) is 32.6. The van der Waals surface area contributed by atoms with Crippen molar-refractivity contribution in [3.8, 4) is 0 Å². The van der Waals surface area contributed by atoms with E-state index in [1.54, 1.807) is 0 Å².